The van der Waals surface area contributed by atoms with Crippen LogP contribution < -0.4 is 5.32 Å². The van der Waals surface area contributed by atoms with Gasteiger partial charge in [0.1, 0.15) is 12.1 Å². The van der Waals surface area contributed by atoms with Crippen LogP contribution in [-0.2, 0) is 4.79 Å². The number of carbonyl (C=O) groups is 1. The van der Waals surface area contributed by atoms with E-state index in [-0.39, 0.29) is 23.6 Å². The number of nitrogens with one attached hydrogen (secondary N) is 2. The zero-order chi connectivity index (χ0) is 23.7. The highest BCUT2D eigenvalue weighted by molar-refractivity contribution is 5.94. The summed E-state index contributed by atoms with van der Waals surface area (Å²) < 4.78 is 15.1. The Bertz CT molecular complexity index is 1430. The van der Waals surface area contributed by atoms with Gasteiger partial charge in [0.2, 0.25) is 11.9 Å². The second kappa shape index (κ2) is 8.55. The third-order valence-electron chi connectivity index (χ3n) is 6.08. The number of anilines is 1. The fourth-order valence-corrected chi connectivity index (χ4v) is 4.35. The highest BCUT2D eigenvalue weighted by atomic mass is 19.1. The molecule has 2 N–H and O–H groups in total. The molecule has 1 unspecified atom stereocenters. The fraction of sp³-hybridized carbons (Fsp3) is 0.154. The molecule has 7 nitrogen and oxygen atoms in total. The summed E-state index contributed by atoms with van der Waals surface area (Å²) in [6.45, 7) is 3.83. The molecule has 1 atom stereocenters. The van der Waals surface area contributed by atoms with Gasteiger partial charge in [-0.25, -0.2) is 14.1 Å². The summed E-state index contributed by atoms with van der Waals surface area (Å²) in [5.41, 5.74) is 2.83. The van der Waals surface area contributed by atoms with Crippen LogP contribution in [0.1, 0.15) is 30.9 Å². The first-order valence-corrected chi connectivity index (χ1v) is 10.9. The van der Waals surface area contributed by atoms with E-state index >= 15 is 0 Å². The molecule has 34 heavy (non-hydrogen) atoms. The highest BCUT2D eigenvalue weighted by Crippen LogP contribution is 2.42. The van der Waals surface area contributed by atoms with Crippen molar-refractivity contribution < 1.29 is 9.18 Å². The molecule has 3 aromatic carbocycles. The minimum atomic E-state index is -0.831. The van der Waals surface area contributed by atoms with Crippen LogP contribution >= 0.6 is 0 Å². The van der Waals surface area contributed by atoms with Gasteiger partial charge in [-0.05, 0) is 47.5 Å². The number of carbonyl (C=O) groups excluding carboxylic acids is 1. The van der Waals surface area contributed by atoms with Crippen molar-refractivity contribution in [1.29, 1.82) is 0 Å². The number of hydrogen-bond acceptors (Lipinski definition) is 4. The van der Waals surface area contributed by atoms with E-state index in [4.69, 9.17) is 0 Å². The molecule has 0 spiro atoms. The molecular weight excluding hydrogens is 431 g/mol. The second-order valence-electron chi connectivity index (χ2n) is 8.69. The number of benzene rings is 3. The predicted molar refractivity (Wildman–Crippen MR) is 128 cm³/mol. The normalized spacial score (nSPS) is 12.6. The van der Waals surface area contributed by atoms with Gasteiger partial charge in [-0.15, -0.1) is 5.10 Å². The molecule has 170 valence electrons. The molecule has 1 amide bonds. The molecule has 8 heteroatoms. The molecule has 2 aromatic heterocycles. The van der Waals surface area contributed by atoms with Crippen LogP contribution in [0.25, 0.3) is 16.6 Å². The van der Waals surface area contributed by atoms with Crippen LogP contribution in [0, 0.1) is 11.2 Å². The topological polar surface area (TPSA) is 88.5 Å². The van der Waals surface area contributed by atoms with E-state index in [1.165, 1.54) is 18.5 Å². The van der Waals surface area contributed by atoms with Crippen molar-refractivity contribution in [1.82, 2.24) is 25.0 Å². The van der Waals surface area contributed by atoms with Crippen molar-refractivity contribution in [3.8, 4) is 5.69 Å². The van der Waals surface area contributed by atoms with Crippen LogP contribution in [0.4, 0.5) is 10.3 Å². The van der Waals surface area contributed by atoms with E-state index in [9.17, 15) is 9.18 Å². The number of rotatable bonds is 6. The maximum absolute atomic E-state index is 13.4. The van der Waals surface area contributed by atoms with Gasteiger partial charge in [0.15, 0.2) is 0 Å². The Balaban J connectivity index is 1.57. The number of H-pyrrole nitrogens is 1. The smallest absolute Gasteiger partial charge is 0.248 e. The number of halogens is 1. The molecule has 0 aliphatic rings. The van der Waals surface area contributed by atoms with Crippen LogP contribution in [0.15, 0.2) is 85.3 Å². The zero-order valence-corrected chi connectivity index (χ0v) is 18.7. The summed E-state index contributed by atoms with van der Waals surface area (Å²) in [6, 6.07) is 22.2. The molecule has 5 rings (SSSR count). The highest BCUT2D eigenvalue weighted by Gasteiger charge is 2.39. The molecular formula is C26H23FN6O. The molecule has 0 bridgehead atoms. The lowest BCUT2D eigenvalue weighted by Gasteiger charge is -2.33. The van der Waals surface area contributed by atoms with Crippen molar-refractivity contribution in [2.45, 2.75) is 19.8 Å². The molecule has 0 radical (unpaired) electrons. The van der Waals surface area contributed by atoms with Crippen molar-refractivity contribution in [3.05, 3.63) is 102 Å². The summed E-state index contributed by atoms with van der Waals surface area (Å²) in [4.78, 5) is 17.4. The minimum absolute atomic E-state index is 0.192. The maximum atomic E-state index is 13.4. The molecule has 5 aromatic rings. The summed E-state index contributed by atoms with van der Waals surface area (Å²) in [6.07, 6.45) is 3.20. The van der Waals surface area contributed by atoms with Crippen LogP contribution in [-0.4, -0.2) is 30.9 Å². The van der Waals surface area contributed by atoms with Crippen LogP contribution in [0.5, 0.6) is 0 Å². The van der Waals surface area contributed by atoms with Gasteiger partial charge in [-0.3, -0.25) is 15.2 Å². The maximum Gasteiger partial charge on any atom is 0.248 e. The van der Waals surface area contributed by atoms with Crippen molar-refractivity contribution >= 4 is 22.8 Å². The fourth-order valence-electron chi connectivity index (χ4n) is 4.35. The molecule has 0 fully saturated rings. The largest absolute Gasteiger partial charge is 0.293 e. The standard InChI is InChI=1S/C26H23FN6O/c1-26(2,24(34)31-25-28-16-29-32-25)23(17-6-4-3-5-7-17)18-8-13-22-19(14-18)15-30-33(22)21-11-9-20(27)10-12-21/h3-16,23H,1-2H3,(H2,28,29,31,32,34). The van der Waals surface area contributed by atoms with Crippen molar-refractivity contribution in [3.63, 3.8) is 0 Å². The lowest BCUT2D eigenvalue weighted by atomic mass is 9.70. The second-order valence-corrected chi connectivity index (χ2v) is 8.69. The van der Waals surface area contributed by atoms with Crippen LogP contribution in [0.3, 0.4) is 0 Å². The Morgan fingerprint density at radius 2 is 1.79 bits per heavy atom. The number of amides is 1. The van der Waals surface area contributed by atoms with Gasteiger partial charge in [-0.2, -0.15) is 5.10 Å². The Hall–Kier alpha value is -4.33. The van der Waals surface area contributed by atoms with E-state index in [0.717, 1.165) is 27.7 Å². The summed E-state index contributed by atoms with van der Waals surface area (Å²) in [5, 5.41) is 14.8. The number of aromatic nitrogens is 5. The lowest BCUT2D eigenvalue weighted by molar-refractivity contribution is -0.124. The molecule has 2 heterocycles. The third kappa shape index (κ3) is 3.94. The number of aromatic amines is 1. The average molecular weight is 455 g/mol. The van der Waals surface area contributed by atoms with Gasteiger partial charge in [0.05, 0.1) is 22.8 Å². The first kappa shape index (κ1) is 21.5. The Morgan fingerprint density at radius 3 is 2.50 bits per heavy atom. The van der Waals surface area contributed by atoms with Gasteiger partial charge >= 0.3 is 0 Å². The number of nitrogens with zero attached hydrogens (tertiary/aromatic N) is 4. The Kier molecular flexibility index (Phi) is 5.41. The first-order valence-electron chi connectivity index (χ1n) is 10.9. The summed E-state index contributed by atoms with van der Waals surface area (Å²) in [7, 11) is 0. The van der Waals surface area contributed by atoms with Crippen LogP contribution in [0.2, 0.25) is 0 Å². The van der Waals surface area contributed by atoms with Gasteiger partial charge < -0.3 is 0 Å². The molecule has 0 aliphatic carbocycles. The van der Waals surface area contributed by atoms with E-state index in [1.807, 2.05) is 56.3 Å². The lowest BCUT2D eigenvalue weighted by Crippen LogP contribution is -2.37. The molecule has 0 aliphatic heterocycles. The quantitative estimate of drug-likeness (QED) is 0.375. The minimum Gasteiger partial charge on any atom is -0.293 e. The van der Waals surface area contributed by atoms with Gasteiger partial charge in [-0.1, -0.05) is 50.2 Å². The first-order chi connectivity index (χ1) is 16.4. The summed E-state index contributed by atoms with van der Waals surface area (Å²) in [5.74, 6) is -0.492. The van der Waals surface area contributed by atoms with E-state index in [2.05, 4.69) is 31.7 Å². The number of hydrogen-bond donors (Lipinski definition) is 2. The molecule has 0 saturated heterocycles. The number of fused-ring (bicyclic) bond motifs is 1. The third-order valence-corrected chi connectivity index (χ3v) is 6.08. The Labute approximate surface area is 195 Å². The van der Waals surface area contributed by atoms with E-state index in [1.54, 1.807) is 23.0 Å². The monoisotopic (exact) mass is 454 g/mol. The van der Waals surface area contributed by atoms with Crippen molar-refractivity contribution in [2.24, 2.45) is 5.41 Å². The predicted octanol–water partition coefficient (Wildman–Crippen LogP) is 5.08. The van der Waals surface area contributed by atoms with Gasteiger partial charge in [0.25, 0.3) is 0 Å². The van der Waals surface area contributed by atoms with Crippen molar-refractivity contribution in [2.75, 3.05) is 5.32 Å². The summed E-state index contributed by atoms with van der Waals surface area (Å²) >= 11 is 0. The van der Waals surface area contributed by atoms with E-state index in [0.29, 0.717) is 0 Å². The van der Waals surface area contributed by atoms with E-state index < -0.39 is 5.41 Å². The Morgan fingerprint density at radius 1 is 1.03 bits per heavy atom. The SMILES string of the molecule is CC(C)(C(=O)Nc1nc[nH]n1)C(c1ccccc1)c1ccc2c(cnn2-c2ccc(F)cc2)c1. The average Bonchev–Trinajstić information content (AvgIpc) is 3.50. The molecule has 0 saturated carbocycles. The zero-order valence-electron chi connectivity index (χ0n) is 18.7. The van der Waals surface area contributed by atoms with Gasteiger partial charge in [0, 0.05) is 11.3 Å².